The van der Waals surface area contributed by atoms with Crippen LogP contribution in [0.2, 0.25) is 0 Å². The number of anilines is 1. The first-order valence-electron chi connectivity index (χ1n) is 7.54. The summed E-state index contributed by atoms with van der Waals surface area (Å²) >= 11 is 0. The highest BCUT2D eigenvalue weighted by Gasteiger charge is 2.42. The zero-order valence-corrected chi connectivity index (χ0v) is 12.1. The van der Waals surface area contributed by atoms with Crippen LogP contribution in [-0.2, 0) is 0 Å². The number of piperidine rings is 1. The number of nitrogens with zero attached hydrogens (tertiary/aromatic N) is 3. The Morgan fingerprint density at radius 2 is 2.24 bits per heavy atom. The molecule has 0 spiro atoms. The average molecular weight is 290 g/mol. The molecule has 2 fully saturated rings. The van der Waals surface area contributed by atoms with E-state index in [9.17, 15) is 5.11 Å². The normalized spacial score (nSPS) is 30.0. The highest BCUT2D eigenvalue weighted by atomic mass is 16.4. The fourth-order valence-corrected chi connectivity index (χ4v) is 3.56. The lowest BCUT2D eigenvalue weighted by Gasteiger charge is -2.47. The number of fused-ring (bicyclic) bond motifs is 1. The molecule has 0 bridgehead atoms. The molecule has 1 aromatic heterocycles. The van der Waals surface area contributed by atoms with Crippen molar-refractivity contribution in [3.05, 3.63) is 23.9 Å². The molecular formula is C15H22N4O2. The molecule has 2 atom stereocenters. The van der Waals surface area contributed by atoms with Crippen LogP contribution in [-0.4, -0.2) is 39.8 Å². The van der Waals surface area contributed by atoms with E-state index in [1.54, 1.807) is 12.3 Å². The van der Waals surface area contributed by atoms with Crippen molar-refractivity contribution in [2.24, 2.45) is 16.8 Å². The lowest BCUT2D eigenvalue weighted by atomic mass is 9.71. The van der Waals surface area contributed by atoms with Crippen LogP contribution in [0.25, 0.3) is 0 Å². The summed E-state index contributed by atoms with van der Waals surface area (Å²) in [6, 6.07) is 3.69. The Labute approximate surface area is 124 Å². The standard InChI is InChI=1S/C15H22N4O2/c16-14(18-21)11-4-5-13(17-9-11)19-8-7-15(20)6-2-1-3-12(15)10-19/h4-5,9,12,20-21H,1-3,6-8,10H2,(H2,16,18). The Morgan fingerprint density at radius 1 is 1.38 bits per heavy atom. The highest BCUT2D eigenvalue weighted by molar-refractivity contribution is 5.96. The Kier molecular flexibility index (Phi) is 3.71. The van der Waals surface area contributed by atoms with Gasteiger partial charge in [0.1, 0.15) is 5.82 Å². The SMILES string of the molecule is N/C(=N/O)c1ccc(N2CCC3(O)CCCCC3C2)nc1. The first-order valence-corrected chi connectivity index (χ1v) is 7.54. The number of hydrogen-bond acceptors (Lipinski definition) is 5. The van der Waals surface area contributed by atoms with Gasteiger partial charge in [-0.3, -0.25) is 0 Å². The van der Waals surface area contributed by atoms with Gasteiger partial charge in [-0.2, -0.15) is 0 Å². The number of rotatable bonds is 2. The van der Waals surface area contributed by atoms with Crippen LogP contribution in [0.4, 0.5) is 5.82 Å². The Hall–Kier alpha value is -1.82. The maximum absolute atomic E-state index is 10.7. The van der Waals surface area contributed by atoms with Gasteiger partial charge in [-0.15, -0.1) is 0 Å². The molecule has 2 heterocycles. The van der Waals surface area contributed by atoms with E-state index in [4.69, 9.17) is 10.9 Å². The van der Waals surface area contributed by atoms with Crippen LogP contribution in [0, 0.1) is 5.92 Å². The predicted molar refractivity (Wildman–Crippen MR) is 80.5 cm³/mol. The molecule has 4 N–H and O–H groups in total. The molecule has 2 aliphatic rings. The summed E-state index contributed by atoms with van der Waals surface area (Å²) in [4.78, 5) is 6.63. The monoisotopic (exact) mass is 290 g/mol. The van der Waals surface area contributed by atoms with Crippen molar-refractivity contribution in [1.29, 1.82) is 0 Å². The number of pyridine rings is 1. The maximum atomic E-state index is 10.7. The van der Waals surface area contributed by atoms with Gasteiger partial charge in [0.05, 0.1) is 5.60 Å². The fourth-order valence-electron chi connectivity index (χ4n) is 3.56. The second-order valence-corrected chi connectivity index (χ2v) is 6.13. The molecule has 0 aromatic carbocycles. The van der Waals surface area contributed by atoms with Gasteiger partial charge in [0.25, 0.3) is 0 Å². The molecule has 1 aliphatic heterocycles. The van der Waals surface area contributed by atoms with Crippen molar-refractivity contribution in [1.82, 2.24) is 4.98 Å². The molecule has 0 amide bonds. The minimum absolute atomic E-state index is 0.0642. The van der Waals surface area contributed by atoms with E-state index in [-0.39, 0.29) is 5.84 Å². The van der Waals surface area contributed by atoms with E-state index >= 15 is 0 Å². The molecule has 0 radical (unpaired) electrons. The van der Waals surface area contributed by atoms with E-state index in [1.807, 2.05) is 6.07 Å². The van der Waals surface area contributed by atoms with Crippen LogP contribution < -0.4 is 10.6 Å². The Balaban J connectivity index is 1.73. The summed E-state index contributed by atoms with van der Waals surface area (Å²) < 4.78 is 0. The number of aromatic nitrogens is 1. The molecule has 1 aliphatic carbocycles. The molecule has 21 heavy (non-hydrogen) atoms. The van der Waals surface area contributed by atoms with E-state index in [0.717, 1.165) is 44.6 Å². The highest BCUT2D eigenvalue weighted by Crippen LogP contribution is 2.40. The summed E-state index contributed by atoms with van der Waals surface area (Å²) in [5.41, 5.74) is 5.68. The molecule has 6 nitrogen and oxygen atoms in total. The third kappa shape index (κ3) is 2.68. The second-order valence-electron chi connectivity index (χ2n) is 6.13. The van der Waals surface area contributed by atoms with Gasteiger partial charge in [0, 0.05) is 30.8 Å². The zero-order chi connectivity index (χ0) is 14.9. The fraction of sp³-hybridized carbons (Fsp3) is 0.600. The van der Waals surface area contributed by atoms with E-state index in [2.05, 4.69) is 15.0 Å². The van der Waals surface area contributed by atoms with E-state index in [0.29, 0.717) is 11.5 Å². The molecule has 6 heteroatoms. The summed E-state index contributed by atoms with van der Waals surface area (Å²) in [5, 5.41) is 22.3. The number of hydrogen-bond donors (Lipinski definition) is 3. The van der Waals surface area contributed by atoms with Gasteiger partial charge < -0.3 is 20.9 Å². The van der Waals surface area contributed by atoms with Crippen molar-refractivity contribution in [2.75, 3.05) is 18.0 Å². The Bertz CT molecular complexity index is 531. The van der Waals surface area contributed by atoms with Crippen molar-refractivity contribution in [3.8, 4) is 0 Å². The second kappa shape index (κ2) is 5.52. The van der Waals surface area contributed by atoms with Crippen molar-refractivity contribution in [3.63, 3.8) is 0 Å². The summed E-state index contributed by atoms with van der Waals surface area (Å²) in [6.07, 6.45) is 6.79. The number of aliphatic hydroxyl groups is 1. The molecule has 1 saturated carbocycles. The summed E-state index contributed by atoms with van der Waals surface area (Å²) in [7, 11) is 0. The molecule has 114 valence electrons. The van der Waals surface area contributed by atoms with Gasteiger partial charge in [-0.05, 0) is 31.4 Å². The molecule has 1 saturated heterocycles. The smallest absolute Gasteiger partial charge is 0.171 e. The van der Waals surface area contributed by atoms with Crippen LogP contribution in [0.1, 0.15) is 37.7 Å². The van der Waals surface area contributed by atoms with E-state index in [1.165, 1.54) is 6.42 Å². The lowest BCUT2D eigenvalue weighted by Crippen LogP contribution is -2.53. The summed E-state index contributed by atoms with van der Waals surface area (Å²) in [5.74, 6) is 1.29. The minimum atomic E-state index is -0.470. The first-order chi connectivity index (χ1) is 10.1. The zero-order valence-electron chi connectivity index (χ0n) is 12.1. The molecule has 3 rings (SSSR count). The minimum Gasteiger partial charge on any atom is -0.409 e. The van der Waals surface area contributed by atoms with Gasteiger partial charge in [-0.25, -0.2) is 4.98 Å². The quantitative estimate of drug-likeness (QED) is 0.330. The third-order valence-corrected chi connectivity index (χ3v) is 4.90. The molecule has 2 unspecified atom stereocenters. The van der Waals surface area contributed by atoms with Crippen molar-refractivity contribution in [2.45, 2.75) is 37.7 Å². The number of nitrogens with two attached hydrogens (primary N) is 1. The molecular weight excluding hydrogens is 268 g/mol. The van der Waals surface area contributed by atoms with E-state index < -0.39 is 5.60 Å². The van der Waals surface area contributed by atoms with Gasteiger partial charge in [-0.1, -0.05) is 18.0 Å². The number of oxime groups is 1. The van der Waals surface area contributed by atoms with Crippen LogP contribution in [0.15, 0.2) is 23.5 Å². The lowest BCUT2D eigenvalue weighted by molar-refractivity contribution is -0.0613. The maximum Gasteiger partial charge on any atom is 0.171 e. The summed E-state index contributed by atoms with van der Waals surface area (Å²) in [6.45, 7) is 1.68. The average Bonchev–Trinajstić information content (AvgIpc) is 2.53. The number of amidine groups is 1. The van der Waals surface area contributed by atoms with Gasteiger partial charge in [0.2, 0.25) is 0 Å². The largest absolute Gasteiger partial charge is 0.409 e. The van der Waals surface area contributed by atoms with Crippen molar-refractivity contribution >= 4 is 11.7 Å². The van der Waals surface area contributed by atoms with Crippen LogP contribution in [0.5, 0.6) is 0 Å². The van der Waals surface area contributed by atoms with Gasteiger partial charge in [0.15, 0.2) is 5.84 Å². The van der Waals surface area contributed by atoms with Crippen LogP contribution in [0.3, 0.4) is 0 Å². The Morgan fingerprint density at radius 3 is 2.95 bits per heavy atom. The van der Waals surface area contributed by atoms with Gasteiger partial charge >= 0.3 is 0 Å². The first kappa shape index (κ1) is 14.1. The van der Waals surface area contributed by atoms with Crippen LogP contribution >= 0.6 is 0 Å². The molecule has 1 aromatic rings. The predicted octanol–water partition coefficient (Wildman–Crippen LogP) is 1.31. The topological polar surface area (TPSA) is 95.0 Å². The third-order valence-electron chi connectivity index (χ3n) is 4.90. The van der Waals surface area contributed by atoms with Crippen molar-refractivity contribution < 1.29 is 10.3 Å².